The zero-order chi connectivity index (χ0) is 14.9. The Hall–Kier alpha value is -0.350. The van der Waals surface area contributed by atoms with E-state index in [0.717, 1.165) is 3.57 Å². The van der Waals surface area contributed by atoms with Crippen LogP contribution in [0.25, 0.3) is 0 Å². The third-order valence-electron chi connectivity index (χ3n) is 2.62. The molecule has 1 aromatic heterocycles. The molecule has 0 aliphatic heterocycles. The van der Waals surface area contributed by atoms with Gasteiger partial charge < -0.3 is 5.73 Å². The fraction of sp³-hybridized carbons (Fsp3) is 0.167. The predicted octanol–water partition coefficient (Wildman–Crippen LogP) is 3.57. The Morgan fingerprint density at radius 3 is 2.75 bits per heavy atom. The SMILES string of the molecule is Cc1csc(CN)c1S(=O)(=O)Nc1ccc(I)cc1Cl. The van der Waals surface area contributed by atoms with Crippen molar-refractivity contribution >= 4 is 61.2 Å². The zero-order valence-electron chi connectivity index (χ0n) is 10.5. The third-order valence-corrected chi connectivity index (χ3v) is 6.45. The van der Waals surface area contributed by atoms with Gasteiger partial charge in [0.05, 0.1) is 10.7 Å². The molecular formula is C12H12ClIN2O2S2. The molecule has 0 aliphatic carbocycles. The van der Waals surface area contributed by atoms with Crippen LogP contribution in [0.1, 0.15) is 10.4 Å². The summed E-state index contributed by atoms with van der Waals surface area (Å²) in [5.74, 6) is 0. The maximum absolute atomic E-state index is 12.5. The summed E-state index contributed by atoms with van der Waals surface area (Å²) in [4.78, 5) is 0.885. The minimum absolute atomic E-state index is 0.190. The van der Waals surface area contributed by atoms with Gasteiger partial charge in [0.25, 0.3) is 10.0 Å². The number of aryl methyl sites for hydroxylation is 1. The number of benzene rings is 1. The van der Waals surface area contributed by atoms with Gasteiger partial charge in [0.1, 0.15) is 4.90 Å². The second kappa shape index (κ2) is 6.18. The molecule has 8 heteroatoms. The summed E-state index contributed by atoms with van der Waals surface area (Å²) in [6, 6.07) is 5.13. The molecule has 0 spiro atoms. The summed E-state index contributed by atoms with van der Waals surface area (Å²) in [5, 5.41) is 2.15. The smallest absolute Gasteiger partial charge is 0.263 e. The molecule has 2 aromatic rings. The van der Waals surface area contributed by atoms with Gasteiger partial charge in [-0.3, -0.25) is 4.72 Å². The van der Waals surface area contributed by atoms with Gasteiger partial charge in [-0.1, -0.05) is 11.6 Å². The highest BCUT2D eigenvalue weighted by molar-refractivity contribution is 14.1. The molecule has 0 aliphatic rings. The molecule has 1 aromatic carbocycles. The Labute approximate surface area is 140 Å². The maximum Gasteiger partial charge on any atom is 0.263 e. The van der Waals surface area contributed by atoms with Gasteiger partial charge in [-0.2, -0.15) is 0 Å². The van der Waals surface area contributed by atoms with Crippen molar-refractivity contribution < 1.29 is 8.42 Å². The predicted molar refractivity (Wildman–Crippen MR) is 91.9 cm³/mol. The van der Waals surface area contributed by atoms with Gasteiger partial charge >= 0.3 is 0 Å². The number of nitrogens with one attached hydrogen (secondary N) is 1. The standard InChI is InChI=1S/C12H12ClIN2O2S2/c1-7-6-19-11(5-15)12(7)20(17,18)16-10-3-2-8(14)4-9(10)13/h2-4,6,16H,5,15H2,1H3. The fourth-order valence-electron chi connectivity index (χ4n) is 1.76. The van der Waals surface area contributed by atoms with Crippen LogP contribution in [0, 0.1) is 10.5 Å². The lowest BCUT2D eigenvalue weighted by Crippen LogP contribution is -2.16. The minimum atomic E-state index is -3.69. The van der Waals surface area contributed by atoms with Crippen molar-refractivity contribution in [3.8, 4) is 0 Å². The van der Waals surface area contributed by atoms with Crippen LogP contribution < -0.4 is 10.5 Å². The van der Waals surface area contributed by atoms with Crippen molar-refractivity contribution in [2.75, 3.05) is 4.72 Å². The van der Waals surface area contributed by atoms with Gasteiger partial charge in [-0.05, 0) is 58.7 Å². The summed E-state index contributed by atoms with van der Waals surface area (Å²) < 4.78 is 28.4. The highest BCUT2D eigenvalue weighted by Crippen LogP contribution is 2.31. The Balaban J connectivity index is 2.43. The van der Waals surface area contributed by atoms with Crippen LogP contribution in [0.2, 0.25) is 5.02 Å². The van der Waals surface area contributed by atoms with Crippen LogP contribution in [0.3, 0.4) is 0 Å². The Kier molecular flexibility index (Phi) is 4.96. The van der Waals surface area contributed by atoms with E-state index in [-0.39, 0.29) is 11.4 Å². The first-order valence-corrected chi connectivity index (χ1v) is 9.42. The molecule has 4 nitrogen and oxygen atoms in total. The van der Waals surface area contributed by atoms with Crippen LogP contribution in [-0.4, -0.2) is 8.42 Å². The lowest BCUT2D eigenvalue weighted by molar-refractivity contribution is 0.600. The fourth-order valence-corrected chi connectivity index (χ4v) is 5.50. The number of thiophene rings is 1. The molecule has 108 valence electrons. The number of halogens is 2. The third kappa shape index (κ3) is 3.28. The van der Waals surface area contributed by atoms with Crippen LogP contribution in [-0.2, 0) is 16.6 Å². The van der Waals surface area contributed by atoms with Crippen molar-refractivity contribution in [3.63, 3.8) is 0 Å². The molecule has 1 heterocycles. The van der Waals surface area contributed by atoms with E-state index in [4.69, 9.17) is 17.3 Å². The normalized spacial score (nSPS) is 11.6. The zero-order valence-corrected chi connectivity index (χ0v) is 15.0. The summed E-state index contributed by atoms with van der Waals surface area (Å²) >= 11 is 9.51. The Bertz CT molecular complexity index is 744. The molecule has 2 rings (SSSR count). The lowest BCUT2D eigenvalue weighted by Gasteiger charge is -2.11. The van der Waals surface area contributed by atoms with Crippen molar-refractivity contribution in [1.29, 1.82) is 0 Å². The molecule has 0 amide bonds. The van der Waals surface area contributed by atoms with Crippen LogP contribution in [0.4, 0.5) is 5.69 Å². The monoisotopic (exact) mass is 442 g/mol. The maximum atomic E-state index is 12.5. The van der Waals surface area contributed by atoms with Crippen LogP contribution in [0.15, 0.2) is 28.5 Å². The molecule has 3 N–H and O–H groups in total. The van der Waals surface area contributed by atoms with Gasteiger partial charge in [0.2, 0.25) is 0 Å². The second-order valence-corrected chi connectivity index (χ2v) is 8.34. The van der Waals surface area contributed by atoms with Crippen LogP contribution >= 0.6 is 45.5 Å². The van der Waals surface area contributed by atoms with Gasteiger partial charge in [-0.15, -0.1) is 11.3 Å². The van der Waals surface area contributed by atoms with E-state index in [1.165, 1.54) is 11.3 Å². The van der Waals surface area contributed by atoms with Crippen LogP contribution in [0.5, 0.6) is 0 Å². The highest BCUT2D eigenvalue weighted by atomic mass is 127. The van der Waals surface area contributed by atoms with Crippen molar-refractivity contribution in [2.45, 2.75) is 18.4 Å². The Morgan fingerprint density at radius 2 is 2.15 bits per heavy atom. The van der Waals surface area contributed by atoms with Gasteiger partial charge in [0, 0.05) is 15.0 Å². The number of hydrogen-bond donors (Lipinski definition) is 2. The molecule has 0 saturated carbocycles. The lowest BCUT2D eigenvalue weighted by atomic mass is 10.3. The largest absolute Gasteiger partial charge is 0.326 e. The molecule has 0 atom stereocenters. The van der Waals surface area contributed by atoms with Crippen molar-refractivity contribution in [1.82, 2.24) is 0 Å². The average molecular weight is 443 g/mol. The first kappa shape index (κ1) is 16.0. The van der Waals surface area contributed by atoms with Gasteiger partial charge in [0.15, 0.2) is 0 Å². The number of rotatable bonds is 4. The first-order chi connectivity index (χ1) is 9.35. The molecule has 0 saturated heterocycles. The average Bonchev–Trinajstić information content (AvgIpc) is 2.75. The second-order valence-electron chi connectivity index (χ2n) is 4.10. The molecule has 0 unspecified atom stereocenters. The topological polar surface area (TPSA) is 72.2 Å². The van der Waals surface area contributed by atoms with E-state index < -0.39 is 10.0 Å². The number of hydrogen-bond acceptors (Lipinski definition) is 4. The van der Waals surface area contributed by atoms with Crippen molar-refractivity contribution in [3.05, 3.63) is 42.6 Å². The summed E-state index contributed by atoms with van der Waals surface area (Å²) in [6.07, 6.45) is 0. The highest BCUT2D eigenvalue weighted by Gasteiger charge is 2.23. The van der Waals surface area contributed by atoms with Gasteiger partial charge in [-0.25, -0.2) is 8.42 Å². The summed E-state index contributed by atoms with van der Waals surface area (Å²) in [7, 11) is -3.69. The van der Waals surface area contributed by atoms with E-state index in [1.807, 2.05) is 0 Å². The Morgan fingerprint density at radius 1 is 1.45 bits per heavy atom. The quantitative estimate of drug-likeness (QED) is 0.711. The van der Waals surface area contributed by atoms with E-state index >= 15 is 0 Å². The molecule has 0 bridgehead atoms. The summed E-state index contributed by atoms with van der Waals surface area (Å²) in [5.41, 5.74) is 6.64. The van der Waals surface area contributed by atoms with E-state index in [9.17, 15) is 8.42 Å². The summed E-state index contributed by atoms with van der Waals surface area (Å²) in [6.45, 7) is 1.94. The molecular weight excluding hydrogens is 431 g/mol. The van der Waals surface area contributed by atoms with E-state index in [1.54, 1.807) is 30.5 Å². The number of sulfonamides is 1. The number of nitrogens with two attached hydrogens (primary N) is 1. The number of anilines is 1. The molecule has 0 radical (unpaired) electrons. The van der Waals surface area contributed by atoms with Crippen molar-refractivity contribution in [2.24, 2.45) is 5.73 Å². The molecule has 0 fully saturated rings. The van der Waals surface area contributed by atoms with E-state index in [2.05, 4.69) is 27.3 Å². The van der Waals surface area contributed by atoms with E-state index in [0.29, 0.717) is 21.2 Å². The minimum Gasteiger partial charge on any atom is -0.326 e. The first-order valence-electron chi connectivity index (χ1n) is 5.60. The molecule has 20 heavy (non-hydrogen) atoms.